The maximum atomic E-state index is 11.4. The van der Waals surface area contributed by atoms with Crippen LogP contribution in [0.4, 0.5) is 0 Å². The highest BCUT2D eigenvalue weighted by Gasteiger charge is 2.38. The number of rotatable bonds is 10. The van der Waals surface area contributed by atoms with Crippen molar-refractivity contribution >= 4 is 5.91 Å². The van der Waals surface area contributed by atoms with Crippen LogP contribution in [0.5, 0.6) is 0 Å². The Hall–Kier alpha value is -3.81. The number of benzene rings is 4. The molecule has 5 rings (SSSR count). The first-order valence-corrected chi connectivity index (χ1v) is 14.6. The summed E-state index contributed by atoms with van der Waals surface area (Å²) in [5, 5.41) is 12.4. The van der Waals surface area contributed by atoms with E-state index in [0.717, 1.165) is 46.5 Å². The van der Waals surface area contributed by atoms with Gasteiger partial charge in [-0.3, -0.25) is 9.69 Å². The highest BCUT2D eigenvalue weighted by atomic mass is 16.7. The average molecular weight is 565 g/mol. The van der Waals surface area contributed by atoms with Crippen LogP contribution in [0, 0.1) is 5.92 Å². The molecule has 1 saturated heterocycles. The SMILES string of the molecule is CC(=O)NCc1cccc(-c2cccc([C@@H]3O[C@H](CN(C)Cc4ccccc4)[C@H](C)[C@H](c4ccc(CO)cc4)O3)c2)c1. The third-order valence-corrected chi connectivity index (χ3v) is 7.87. The molecule has 0 spiro atoms. The van der Waals surface area contributed by atoms with Gasteiger partial charge in [-0.1, -0.05) is 97.9 Å². The van der Waals surface area contributed by atoms with Crippen molar-refractivity contribution in [2.75, 3.05) is 13.6 Å². The molecule has 0 aromatic heterocycles. The van der Waals surface area contributed by atoms with Gasteiger partial charge in [0.15, 0.2) is 6.29 Å². The van der Waals surface area contributed by atoms with Gasteiger partial charge in [0.1, 0.15) is 0 Å². The monoisotopic (exact) mass is 564 g/mol. The second-order valence-corrected chi connectivity index (χ2v) is 11.2. The zero-order chi connectivity index (χ0) is 29.5. The minimum absolute atomic E-state index is 0.0127. The molecule has 0 saturated carbocycles. The lowest BCUT2D eigenvalue weighted by atomic mass is 9.90. The molecular formula is C36H40N2O4. The molecule has 1 amide bonds. The molecule has 6 nitrogen and oxygen atoms in total. The van der Waals surface area contributed by atoms with E-state index in [1.54, 1.807) is 0 Å². The number of hydrogen-bond donors (Lipinski definition) is 2. The molecule has 0 unspecified atom stereocenters. The number of ether oxygens (including phenoxy) is 2. The van der Waals surface area contributed by atoms with Crippen molar-refractivity contribution < 1.29 is 19.4 Å². The number of amides is 1. The van der Waals surface area contributed by atoms with Crippen LogP contribution in [-0.2, 0) is 34.0 Å². The lowest BCUT2D eigenvalue weighted by Gasteiger charge is -2.42. The second-order valence-electron chi connectivity index (χ2n) is 11.2. The number of carbonyl (C=O) groups excluding carboxylic acids is 1. The molecule has 0 radical (unpaired) electrons. The predicted octanol–water partition coefficient (Wildman–Crippen LogP) is 6.41. The van der Waals surface area contributed by atoms with Crippen LogP contribution >= 0.6 is 0 Å². The highest BCUT2D eigenvalue weighted by molar-refractivity contribution is 5.73. The molecular weight excluding hydrogens is 524 g/mol. The summed E-state index contributed by atoms with van der Waals surface area (Å²) in [6, 6.07) is 35.0. The summed E-state index contributed by atoms with van der Waals surface area (Å²) in [5.41, 5.74) is 7.34. The third kappa shape index (κ3) is 7.52. The first-order valence-electron chi connectivity index (χ1n) is 14.6. The summed E-state index contributed by atoms with van der Waals surface area (Å²) < 4.78 is 13.4. The minimum atomic E-state index is -0.540. The number of nitrogens with one attached hydrogen (secondary N) is 1. The lowest BCUT2D eigenvalue weighted by molar-refractivity contribution is -0.276. The van der Waals surface area contributed by atoms with Gasteiger partial charge in [0, 0.05) is 38.0 Å². The first-order chi connectivity index (χ1) is 20.4. The summed E-state index contributed by atoms with van der Waals surface area (Å²) in [5.74, 6) is 0.0563. The average Bonchev–Trinajstić information content (AvgIpc) is 3.02. The quantitative estimate of drug-likeness (QED) is 0.233. The summed E-state index contributed by atoms with van der Waals surface area (Å²) >= 11 is 0. The van der Waals surface area contributed by atoms with E-state index in [2.05, 4.69) is 90.9 Å². The molecule has 1 aliphatic rings. The van der Waals surface area contributed by atoms with Crippen LogP contribution in [0.3, 0.4) is 0 Å². The zero-order valence-corrected chi connectivity index (χ0v) is 24.6. The van der Waals surface area contributed by atoms with Crippen molar-refractivity contribution in [3.8, 4) is 11.1 Å². The predicted molar refractivity (Wildman–Crippen MR) is 165 cm³/mol. The maximum Gasteiger partial charge on any atom is 0.217 e. The van der Waals surface area contributed by atoms with Gasteiger partial charge in [-0.05, 0) is 52.6 Å². The Bertz CT molecular complexity index is 1460. The third-order valence-electron chi connectivity index (χ3n) is 7.87. The fourth-order valence-corrected chi connectivity index (χ4v) is 5.55. The number of aliphatic hydroxyl groups excluding tert-OH is 1. The first kappa shape index (κ1) is 29.7. The van der Waals surface area contributed by atoms with E-state index < -0.39 is 6.29 Å². The number of likely N-dealkylation sites (N-methyl/N-ethyl adjacent to an activating group) is 1. The Morgan fingerprint density at radius 1 is 0.810 bits per heavy atom. The molecule has 4 atom stereocenters. The van der Waals surface area contributed by atoms with E-state index in [1.165, 1.54) is 12.5 Å². The summed E-state index contributed by atoms with van der Waals surface area (Å²) in [6.07, 6.45) is -0.776. The van der Waals surface area contributed by atoms with Crippen LogP contribution in [0.15, 0.2) is 103 Å². The van der Waals surface area contributed by atoms with Gasteiger partial charge in [-0.25, -0.2) is 0 Å². The molecule has 0 bridgehead atoms. The van der Waals surface area contributed by atoms with Gasteiger partial charge < -0.3 is 19.9 Å². The fourth-order valence-electron chi connectivity index (χ4n) is 5.55. The van der Waals surface area contributed by atoms with E-state index in [0.29, 0.717) is 6.54 Å². The van der Waals surface area contributed by atoms with Crippen LogP contribution in [0.1, 0.15) is 54.1 Å². The molecule has 4 aromatic rings. The maximum absolute atomic E-state index is 11.4. The second kappa shape index (κ2) is 13.9. The van der Waals surface area contributed by atoms with Crippen LogP contribution < -0.4 is 5.32 Å². The Morgan fingerprint density at radius 2 is 1.50 bits per heavy atom. The van der Waals surface area contributed by atoms with Gasteiger partial charge in [0.25, 0.3) is 0 Å². The summed E-state index contributed by atoms with van der Waals surface area (Å²) in [7, 11) is 2.13. The Balaban J connectivity index is 1.41. The van der Waals surface area contributed by atoms with Crippen molar-refractivity contribution in [3.05, 3.63) is 131 Å². The standard InChI is InChI=1S/C36H40N2O4/c1-25-34(23-38(3)22-27-9-5-4-6-10-27)41-36(42-35(25)30-17-15-28(24-39)16-18-30)33-14-8-13-32(20-33)31-12-7-11-29(19-31)21-37-26(2)40/h4-20,25,34-36,39H,21-24H2,1-3H3,(H,37,40)/t25-,34+,35+,36+/m0/s1. The fraction of sp³-hybridized carbons (Fsp3) is 0.306. The number of aliphatic hydroxyl groups is 1. The summed E-state index contributed by atoms with van der Waals surface area (Å²) in [4.78, 5) is 13.7. The van der Waals surface area contributed by atoms with Crippen LogP contribution in [-0.4, -0.2) is 35.6 Å². The van der Waals surface area contributed by atoms with E-state index in [1.807, 2.05) is 36.4 Å². The van der Waals surface area contributed by atoms with Gasteiger partial charge >= 0.3 is 0 Å². The van der Waals surface area contributed by atoms with Crippen molar-refractivity contribution in [1.29, 1.82) is 0 Å². The molecule has 1 heterocycles. The van der Waals surface area contributed by atoms with Crippen LogP contribution in [0.2, 0.25) is 0 Å². The van der Waals surface area contributed by atoms with Crippen LogP contribution in [0.25, 0.3) is 11.1 Å². The molecule has 2 N–H and O–H groups in total. The summed E-state index contributed by atoms with van der Waals surface area (Å²) in [6.45, 7) is 5.81. The number of carbonyl (C=O) groups is 1. The van der Waals surface area contributed by atoms with Crippen molar-refractivity contribution in [1.82, 2.24) is 10.2 Å². The largest absolute Gasteiger partial charge is 0.392 e. The van der Waals surface area contributed by atoms with E-state index in [-0.39, 0.29) is 30.6 Å². The molecule has 1 fully saturated rings. The van der Waals surface area contributed by atoms with Gasteiger partial charge in [0.05, 0.1) is 18.8 Å². The Kier molecular flexibility index (Phi) is 9.82. The molecule has 6 heteroatoms. The molecule has 4 aromatic carbocycles. The molecule has 42 heavy (non-hydrogen) atoms. The Labute approximate surface area is 248 Å². The van der Waals surface area contributed by atoms with Crippen molar-refractivity contribution in [3.63, 3.8) is 0 Å². The van der Waals surface area contributed by atoms with E-state index in [9.17, 15) is 9.90 Å². The van der Waals surface area contributed by atoms with E-state index >= 15 is 0 Å². The van der Waals surface area contributed by atoms with Gasteiger partial charge in [-0.2, -0.15) is 0 Å². The van der Waals surface area contributed by atoms with Gasteiger partial charge in [-0.15, -0.1) is 0 Å². The molecule has 218 valence electrons. The zero-order valence-electron chi connectivity index (χ0n) is 24.6. The van der Waals surface area contributed by atoms with Crippen molar-refractivity contribution in [2.24, 2.45) is 5.92 Å². The molecule has 0 aliphatic carbocycles. The Morgan fingerprint density at radius 3 is 2.21 bits per heavy atom. The number of hydrogen-bond acceptors (Lipinski definition) is 5. The highest BCUT2D eigenvalue weighted by Crippen LogP contribution is 2.42. The normalized spacial score (nSPS) is 20.4. The van der Waals surface area contributed by atoms with Crippen molar-refractivity contribution in [2.45, 2.75) is 52.0 Å². The minimum Gasteiger partial charge on any atom is -0.392 e. The van der Waals surface area contributed by atoms with Gasteiger partial charge in [0.2, 0.25) is 5.91 Å². The topological polar surface area (TPSA) is 71.0 Å². The number of nitrogens with zero attached hydrogens (tertiary/aromatic N) is 1. The molecule has 1 aliphatic heterocycles. The van der Waals surface area contributed by atoms with E-state index in [4.69, 9.17) is 9.47 Å². The smallest absolute Gasteiger partial charge is 0.217 e. The lowest BCUT2D eigenvalue weighted by Crippen LogP contribution is -2.43.